The molecule has 0 radical (unpaired) electrons. The van der Waals surface area contributed by atoms with Crippen molar-refractivity contribution < 1.29 is 9.47 Å². The van der Waals surface area contributed by atoms with Crippen molar-refractivity contribution in [2.75, 3.05) is 13.7 Å². The van der Waals surface area contributed by atoms with Crippen LogP contribution in [0.15, 0.2) is 59.7 Å². The van der Waals surface area contributed by atoms with Crippen LogP contribution in [0.2, 0.25) is 0 Å². The number of aliphatic imine (C=N–C) groups is 1. The van der Waals surface area contributed by atoms with E-state index in [1.54, 1.807) is 11.8 Å². The Hall–Kier alpha value is -2.70. The van der Waals surface area contributed by atoms with E-state index in [1.807, 2.05) is 61.7 Å². The van der Waals surface area contributed by atoms with Crippen molar-refractivity contribution >= 4 is 16.8 Å². The highest BCUT2D eigenvalue weighted by Gasteiger charge is 2.25. The molecule has 138 valence electrons. The van der Waals surface area contributed by atoms with Crippen LogP contribution < -0.4 is 4.74 Å². The van der Waals surface area contributed by atoms with Gasteiger partial charge in [0.2, 0.25) is 0 Å². The standard InChI is InChI=1S/C20H19ClN4O2/c1-13(27-19-11-22-20(21)17-6-4-3-5-16(17)19)18-12-25(24-23-18)14-7-9-15(26-2)10-8-14/h3-10,12-13,19H,11H2,1-2H3. The van der Waals surface area contributed by atoms with Gasteiger partial charge in [-0.15, -0.1) is 5.10 Å². The van der Waals surface area contributed by atoms with Gasteiger partial charge in [-0.05, 0) is 36.8 Å². The first-order valence-electron chi connectivity index (χ1n) is 8.67. The highest BCUT2D eigenvalue weighted by molar-refractivity contribution is 6.69. The lowest BCUT2D eigenvalue weighted by atomic mass is 10.0. The molecule has 3 aromatic rings. The van der Waals surface area contributed by atoms with Crippen molar-refractivity contribution in [2.24, 2.45) is 4.99 Å². The zero-order valence-electron chi connectivity index (χ0n) is 15.0. The summed E-state index contributed by atoms with van der Waals surface area (Å²) in [4.78, 5) is 4.37. The summed E-state index contributed by atoms with van der Waals surface area (Å²) in [7, 11) is 1.64. The first-order chi connectivity index (χ1) is 13.2. The van der Waals surface area contributed by atoms with Crippen LogP contribution in [0.4, 0.5) is 0 Å². The van der Waals surface area contributed by atoms with Crippen molar-refractivity contribution in [3.05, 3.63) is 71.5 Å². The van der Waals surface area contributed by atoms with Crippen molar-refractivity contribution in [2.45, 2.75) is 19.1 Å². The topological polar surface area (TPSA) is 61.5 Å². The van der Waals surface area contributed by atoms with Crippen molar-refractivity contribution in [3.8, 4) is 11.4 Å². The highest BCUT2D eigenvalue weighted by atomic mass is 35.5. The van der Waals surface area contributed by atoms with E-state index in [2.05, 4.69) is 15.3 Å². The molecule has 1 aliphatic heterocycles. The van der Waals surface area contributed by atoms with Gasteiger partial charge in [-0.2, -0.15) is 0 Å². The number of aromatic nitrogens is 3. The fraction of sp³-hybridized carbons (Fsp3) is 0.250. The van der Waals surface area contributed by atoms with Crippen LogP contribution in [0.3, 0.4) is 0 Å². The first kappa shape index (κ1) is 17.7. The SMILES string of the molecule is COc1ccc(-n2cc(C(C)OC3CN=C(Cl)c4ccccc43)nn2)cc1. The van der Waals surface area contributed by atoms with Gasteiger partial charge in [0, 0.05) is 5.56 Å². The van der Waals surface area contributed by atoms with Crippen LogP contribution in [-0.4, -0.2) is 33.8 Å². The summed E-state index contributed by atoms with van der Waals surface area (Å²) in [5.74, 6) is 0.797. The molecule has 0 fully saturated rings. The molecule has 0 N–H and O–H groups in total. The molecule has 1 aromatic heterocycles. The monoisotopic (exact) mass is 382 g/mol. The Morgan fingerprint density at radius 2 is 1.93 bits per heavy atom. The van der Waals surface area contributed by atoms with E-state index in [0.717, 1.165) is 28.3 Å². The number of benzene rings is 2. The minimum Gasteiger partial charge on any atom is -0.497 e. The second-order valence-electron chi connectivity index (χ2n) is 6.27. The molecule has 0 amide bonds. The fourth-order valence-corrected chi connectivity index (χ4v) is 3.31. The maximum Gasteiger partial charge on any atom is 0.131 e. The van der Waals surface area contributed by atoms with Crippen LogP contribution in [0.25, 0.3) is 5.69 Å². The molecule has 2 unspecified atom stereocenters. The predicted molar refractivity (Wildman–Crippen MR) is 104 cm³/mol. The lowest BCUT2D eigenvalue weighted by Crippen LogP contribution is -2.18. The second-order valence-corrected chi connectivity index (χ2v) is 6.63. The van der Waals surface area contributed by atoms with Crippen LogP contribution in [-0.2, 0) is 4.74 Å². The predicted octanol–water partition coefficient (Wildman–Crippen LogP) is 4.09. The zero-order chi connectivity index (χ0) is 18.8. The average molecular weight is 383 g/mol. The maximum absolute atomic E-state index is 6.24. The molecule has 1 aliphatic rings. The Kier molecular flexibility index (Phi) is 4.92. The third-order valence-electron chi connectivity index (χ3n) is 4.56. The van der Waals surface area contributed by atoms with Gasteiger partial charge >= 0.3 is 0 Å². The molecule has 6 nitrogen and oxygen atoms in total. The van der Waals surface area contributed by atoms with E-state index in [0.29, 0.717) is 11.7 Å². The number of halogens is 1. The zero-order valence-corrected chi connectivity index (χ0v) is 15.8. The lowest BCUT2D eigenvalue weighted by molar-refractivity contribution is -0.00255. The molecule has 27 heavy (non-hydrogen) atoms. The molecule has 0 bridgehead atoms. The van der Waals surface area contributed by atoms with Gasteiger partial charge in [0.25, 0.3) is 0 Å². The fourth-order valence-electron chi connectivity index (χ4n) is 3.07. The molecule has 2 aromatic carbocycles. The summed E-state index contributed by atoms with van der Waals surface area (Å²) in [5, 5.41) is 9.01. The van der Waals surface area contributed by atoms with Crippen LogP contribution in [0.1, 0.15) is 36.0 Å². The Bertz CT molecular complexity index is 968. The van der Waals surface area contributed by atoms with Crippen LogP contribution >= 0.6 is 11.6 Å². The number of rotatable bonds is 5. The van der Waals surface area contributed by atoms with Gasteiger partial charge in [-0.25, -0.2) is 4.68 Å². The Balaban J connectivity index is 1.51. The largest absolute Gasteiger partial charge is 0.497 e. The van der Waals surface area contributed by atoms with E-state index in [-0.39, 0.29) is 12.2 Å². The van der Waals surface area contributed by atoms with Gasteiger partial charge < -0.3 is 9.47 Å². The highest BCUT2D eigenvalue weighted by Crippen LogP contribution is 2.32. The Morgan fingerprint density at radius 1 is 1.15 bits per heavy atom. The number of nitrogens with zero attached hydrogens (tertiary/aromatic N) is 4. The molecule has 2 atom stereocenters. The van der Waals surface area contributed by atoms with Gasteiger partial charge in [-0.3, -0.25) is 4.99 Å². The smallest absolute Gasteiger partial charge is 0.131 e. The molecule has 2 heterocycles. The Labute approximate surface area is 162 Å². The Morgan fingerprint density at radius 3 is 2.70 bits per heavy atom. The van der Waals surface area contributed by atoms with Gasteiger partial charge in [0.05, 0.1) is 25.5 Å². The molecule has 0 saturated carbocycles. The van der Waals surface area contributed by atoms with E-state index in [4.69, 9.17) is 21.1 Å². The quantitative estimate of drug-likeness (QED) is 0.666. The van der Waals surface area contributed by atoms with Gasteiger partial charge in [0.15, 0.2) is 0 Å². The number of hydrogen-bond donors (Lipinski definition) is 0. The summed E-state index contributed by atoms with van der Waals surface area (Å²) < 4.78 is 13.1. The first-order valence-corrected chi connectivity index (χ1v) is 9.05. The second kappa shape index (κ2) is 7.50. The van der Waals surface area contributed by atoms with Gasteiger partial charge in [-0.1, -0.05) is 41.1 Å². The number of ether oxygens (including phenoxy) is 2. The minimum atomic E-state index is -0.234. The van der Waals surface area contributed by atoms with E-state index in [1.165, 1.54) is 0 Å². The molecule has 4 rings (SSSR count). The molecule has 0 aliphatic carbocycles. The number of hydrogen-bond acceptors (Lipinski definition) is 5. The summed E-state index contributed by atoms with van der Waals surface area (Å²) in [6.07, 6.45) is 1.48. The molecule has 0 saturated heterocycles. The summed E-state index contributed by atoms with van der Waals surface area (Å²) in [5.41, 5.74) is 3.63. The van der Waals surface area contributed by atoms with Crippen molar-refractivity contribution in [1.29, 1.82) is 0 Å². The van der Waals surface area contributed by atoms with E-state index >= 15 is 0 Å². The van der Waals surface area contributed by atoms with Crippen molar-refractivity contribution in [3.63, 3.8) is 0 Å². The molecule has 7 heteroatoms. The van der Waals surface area contributed by atoms with Crippen molar-refractivity contribution in [1.82, 2.24) is 15.0 Å². The summed E-state index contributed by atoms with van der Waals surface area (Å²) in [6, 6.07) is 15.5. The molecular weight excluding hydrogens is 364 g/mol. The minimum absolute atomic E-state index is 0.162. The number of methoxy groups -OCH3 is 1. The normalized spacial score (nSPS) is 17.1. The molecular formula is C20H19ClN4O2. The average Bonchev–Trinajstić information content (AvgIpc) is 3.21. The van der Waals surface area contributed by atoms with Crippen LogP contribution in [0, 0.1) is 0 Å². The molecule has 0 spiro atoms. The van der Waals surface area contributed by atoms with Gasteiger partial charge in [0.1, 0.15) is 28.8 Å². The van der Waals surface area contributed by atoms with E-state index in [9.17, 15) is 0 Å². The van der Waals surface area contributed by atoms with E-state index < -0.39 is 0 Å². The summed E-state index contributed by atoms with van der Waals surface area (Å²) >= 11 is 6.22. The maximum atomic E-state index is 6.24. The summed E-state index contributed by atoms with van der Waals surface area (Å²) in [6.45, 7) is 2.46. The third kappa shape index (κ3) is 3.59. The number of fused-ring (bicyclic) bond motifs is 1. The lowest BCUT2D eigenvalue weighted by Gasteiger charge is -2.25. The van der Waals surface area contributed by atoms with Crippen LogP contribution in [0.5, 0.6) is 5.75 Å². The third-order valence-corrected chi connectivity index (χ3v) is 4.88.